The summed E-state index contributed by atoms with van der Waals surface area (Å²) in [4.78, 5) is 42.7. The Morgan fingerprint density at radius 1 is 1.00 bits per heavy atom. The fraction of sp³-hybridized carbons (Fsp3) is 0.609. The number of amides is 3. The molecule has 1 aromatic rings. The number of carbonyl (C=O) groups is 3. The van der Waals surface area contributed by atoms with Crippen LogP contribution in [-0.4, -0.2) is 54.1 Å². The maximum Gasteiger partial charge on any atom is 0.253 e. The number of likely N-dealkylation sites (tertiary alicyclic amines) is 1. The van der Waals surface area contributed by atoms with Crippen LogP contribution in [0.15, 0.2) is 23.1 Å². The first-order valence-electron chi connectivity index (χ1n) is 11.3. The van der Waals surface area contributed by atoms with Crippen LogP contribution in [0.1, 0.15) is 68.1 Å². The molecule has 2 aliphatic heterocycles. The van der Waals surface area contributed by atoms with Crippen molar-refractivity contribution in [1.29, 1.82) is 0 Å². The number of thioether (sulfide) groups is 1. The van der Waals surface area contributed by atoms with E-state index in [1.54, 1.807) is 11.0 Å². The van der Waals surface area contributed by atoms with Crippen molar-refractivity contribution in [3.05, 3.63) is 23.8 Å². The van der Waals surface area contributed by atoms with Crippen LogP contribution in [0.5, 0.6) is 0 Å². The molecule has 3 amide bonds. The smallest absolute Gasteiger partial charge is 0.253 e. The number of nitrogens with zero attached hydrogens (tertiary/aromatic N) is 2. The minimum Gasteiger partial charge on any atom is -0.352 e. The van der Waals surface area contributed by atoms with Crippen LogP contribution >= 0.6 is 11.8 Å². The summed E-state index contributed by atoms with van der Waals surface area (Å²) < 4.78 is 0. The highest BCUT2D eigenvalue weighted by Gasteiger charge is 2.29. The second-order valence-corrected chi connectivity index (χ2v) is 9.58. The van der Waals surface area contributed by atoms with E-state index in [1.165, 1.54) is 31.0 Å². The van der Waals surface area contributed by atoms with Crippen LogP contribution < -0.4 is 10.2 Å². The van der Waals surface area contributed by atoms with Crippen molar-refractivity contribution in [3.63, 3.8) is 0 Å². The van der Waals surface area contributed by atoms with E-state index in [0.717, 1.165) is 56.5 Å². The van der Waals surface area contributed by atoms with Crippen molar-refractivity contribution >= 4 is 35.2 Å². The first-order valence-corrected chi connectivity index (χ1v) is 12.3. The molecule has 0 unspecified atom stereocenters. The monoisotopic (exact) mass is 429 g/mol. The summed E-state index contributed by atoms with van der Waals surface area (Å²) in [6.07, 6.45) is 10.0. The van der Waals surface area contributed by atoms with Gasteiger partial charge in [0.1, 0.15) is 6.54 Å². The predicted molar refractivity (Wildman–Crippen MR) is 119 cm³/mol. The molecule has 162 valence electrons. The molecule has 0 atom stereocenters. The van der Waals surface area contributed by atoms with E-state index in [-0.39, 0.29) is 30.3 Å². The summed E-state index contributed by atoms with van der Waals surface area (Å²) in [7, 11) is 0. The Kier molecular flexibility index (Phi) is 6.97. The Bertz CT molecular complexity index is 799. The van der Waals surface area contributed by atoms with E-state index >= 15 is 0 Å². The largest absolute Gasteiger partial charge is 0.352 e. The van der Waals surface area contributed by atoms with Gasteiger partial charge in [0.25, 0.3) is 5.91 Å². The molecule has 2 fully saturated rings. The van der Waals surface area contributed by atoms with E-state index in [4.69, 9.17) is 0 Å². The number of hydrogen-bond donors (Lipinski definition) is 1. The Morgan fingerprint density at radius 3 is 2.43 bits per heavy atom. The number of rotatable bonds is 4. The molecule has 1 saturated carbocycles. The van der Waals surface area contributed by atoms with E-state index < -0.39 is 0 Å². The van der Waals surface area contributed by atoms with Gasteiger partial charge in [0.15, 0.2) is 0 Å². The van der Waals surface area contributed by atoms with E-state index in [2.05, 4.69) is 5.32 Å². The van der Waals surface area contributed by atoms with Crippen molar-refractivity contribution in [2.75, 3.05) is 30.3 Å². The third kappa shape index (κ3) is 4.99. The van der Waals surface area contributed by atoms with E-state index in [9.17, 15) is 14.4 Å². The lowest BCUT2D eigenvalue weighted by atomic mass is 10.1. The molecule has 1 aromatic carbocycles. The average molecular weight is 430 g/mol. The minimum atomic E-state index is -0.110. The topological polar surface area (TPSA) is 69.7 Å². The molecule has 0 spiro atoms. The summed E-state index contributed by atoms with van der Waals surface area (Å²) in [5, 5.41) is 3.13. The summed E-state index contributed by atoms with van der Waals surface area (Å²) in [5.41, 5.74) is 1.29. The SMILES string of the molecule is O=C(CN1C(=O)CSc2ccc(C(=O)N3CCCCC3)cc21)NC1CCCCCC1. The summed E-state index contributed by atoms with van der Waals surface area (Å²) in [6, 6.07) is 5.78. The molecule has 1 N–H and O–H groups in total. The summed E-state index contributed by atoms with van der Waals surface area (Å²) in [6.45, 7) is 1.60. The molecule has 30 heavy (non-hydrogen) atoms. The lowest BCUT2D eigenvalue weighted by Crippen LogP contribution is -2.46. The molecule has 1 aliphatic carbocycles. The number of hydrogen-bond acceptors (Lipinski definition) is 4. The molecular weight excluding hydrogens is 398 g/mol. The molecule has 4 rings (SSSR count). The van der Waals surface area contributed by atoms with Crippen molar-refractivity contribution < 1.29 is 14.4 Å². The van der Waals surface area contributed by atoms with E-state index in [1.807, 2.05) is 17.0 Å². The second kappa shape index (κ2) is 9.86. The van der Waals surface area contributed by atoms with Crippen LogP contribution in [0.25, 0.3) is 0 Å². The van der Waals surface area contributed by atoms with Gasteiger partial charge in [-0.1, -0.05) is 25.7 Å². The Labute approximate surface area is 182 Å². The van der Waals surface area contributed by atoms with Crippen LogP contribution in [0.2, 0.25) is 0 Å². The lowest BCUT2D eigenvalue weighted by molar-refractivity contribution is -0.123. The fourth-order valence-electron chi connectivity index (χ4n) is 4.63. The van der Waals surface area contributed by atoms with Crippen LogP contribution in [0.3, 0.4) is 0 Å². The first kappa shape index (κ1) is 21.2. The van der Waals surface area contributed by atoms with Crippen molar-refractivity contribution in [1.82, 2.24) is 10.2 Å². The highest BCUT2D eigenvalue weighted by Crippen LogP contribution is 2.36. The number of nitrogens with one attached hydrogen (secondary N) is 1. The van der Waals surface area contributed by atoms with Gasteiger partial charge < -0.3 is 15.1 Å². The van der Waals surface area contributed by atoms with Gasteiger partial charge in [0.2, 0.25) is 11.8 Å². The van der Waals surface area contributed by atoms with Crippen LogP contribution in [0.4, 0.5) is 5.69 Å². The zero-order chi connectivity index (χ0) is 20.9. The van der Waals surface area contributed by atoms with Gasteiger partial charge in [0.05, 0.1) is 11.4 Å². The van der Waals surface area contributed by atoms with Gasteiger partial charge in [-0.05, 0) is 50.3 Å². The Morgan fingerprint density at radius 2 is 1.70 bits per heavy atom. The zero-order valence-corrected chi connectivity index (χ0v) is 18.3. The number of anilines is 1. The zero-order valence-electron chi connectivity index (χ0n) is 17.5. The molecule has 0 aromatic heterocycles. The van der Waals surface area contributed by atoms with Crippen molar-refractivity contribution in [3.8, 4) is 0 Å². The van der Waals surface area contributed by atoms with E-state index in [0.29, 0.717) is 17.0 Å². The third-order valence-electron chi connectivity index (χ3n) is 6.31. The Hall–Kier alpha value is -2.02. The van der Waals surface area contributed by atoms with Crippen LogP contribution in [0, 0.1) is 0 Å². The van der Waals surface area contributed by atoms with Gasteiger partial charge in [-0.2, -0.15) is 0 Å². The third-order valence-corrected chi connectivity index (χ3v) is 7.36. The molecule has 3 aliphatic rings. The summed E-state index contributed by atoms with van der Waals surface area (Å²) in [5.74, 6) is 0.152. The quantitative estimate of drug-likeness (QED) is 0.743. The summed E-state index contributed by atoms with van der Waals surface area (Å²) >= 11 is 1.47. The first-order chi connectivity index (χ1) is 14.6. The number of piperidine rings is 1. The fourth-order valence-corrected chi connectivity index (χ4v) is 5.54. The van der Waals surface area contributed by atoms with Crippen molar-refractivity contribution in [2.45, 2.75) is 68.7 Å². The second-order valence-electron chi connectivity index (χ2n) is 8.56. The number of carbonyl (C=O) groups excluding carboxylic acids is 3. The molecule has 7 heteroatoms. The lowest BCUT2D eigenvalue weighted by Gasteiger charge is -2.31. The molecule has 0 radical (unpaired) electrons. The van der Waals surface area contributed by atoms with Crippen LogP contribution in [-0.2, 0) is 9.59 Å². The van der Waals surface area contributed by atoms with Gasteiger partial charge in [0, 0.05) is 29.6 Å². The van der Waals surface area contributed by atoms with Crippen molar-refractivity contribution in [2.24, 2.45) is 0 Å². The molecule has 1 saturated heterocycles. The standard InChI is InChI=1S/C23H31N3O3S/c27-21(24-18-8-4-1-2-5-9-18)15-26-19-14-17(10-11-20(19)30-16-22(26)28)23(29)25-12-6-3-7-13-25/h10-11,14,18H,1-9,12-13,15-16H2,(H,24,27). The maximum absolute atomic E-state index is 12.9. The molecular formula is C23H31N3O3S. The molecule has 6 nitrogen and oxygen atoms in total. The molecule has 2 heterocycles. The number of fused-ring (bicyclic) bond motifs is 1. The highest BCUT2D eigenvalue weighted by molar-refractivity contribution is 8.00. The van der Waals surface area contributed by atoms with Gasteiger partial charge in [-0.3, -0.25) is 14.4 Å². The predicted octanol–water partition coefficient (Wildman–Crippen LogP) is 3.59. The Balaban J connectivity index is 1.48. The number of benzene rings is 1. The average Bonchev–Trinajstić information content (AvgIpc) is 3.04. The van der Waals surface area contributed by atoms with Gasteiger partial charge >= 0.3 is 0 Å². The maximum atomic E-state index is 12.9. The normalized spacial score (nSPS) is 20.5. The minimum absolute atomic E-state index is 0.0170. The highest BCUT2D eigenvalue weighted by atomic mass is 32.2. The van der Waals surface area contributed by atoms with Gasteiger partial charge in [-0.15, -0.1) is 11.8 Å². The van der Waals surface area contributed by atoms with Gasteiger partial charge in [-0.25, -0.2) is 0 Å². The molecule has 0 bridgehead atoms.